The van der Waals surface area contributed by atoms with Gasteiger partial charge in [0.25, 0.3) is 0 Å². The molecule has 88 valence electrons. The third kappa shape index (κ3) is 2.36. The first-order chi connectivity index (χ1) is 8.08. The number of hydrogen-bond acceptors (Lipinski definition) is 2. The van der Waals surface area contributed by atoms with Gasteiger partial charge in [0.15, 0.2) is 0 Å². The second-order valence-corrected chi connectivity index (χ2v) is 4.30. The zero-order valence-electron chi connectivity index (χ0n) is 9.81. The third-order valence-electron chi connectivity index (χ3n) is 2.78. The monoisotopic (exact) mass is 230 g/mol. The lowest BCUT2D eigenvalue weighted by Gasteiger charge is -2.04. The molecule has 4 heteroatoms. The van der Waals surface area contributed by atoms with Crippen LogP contribution in [0.15, 0.2) is 30.6 Å². The quantitative estimate of drug-likeness (QED) is 0.647. The molecule has 0 amide bonds. The molecule has 4 nitrogen and oxygen atoms in total. The lowest BCUT2D eigenvalue weighted by molar-refractivity contribution is -0.400. The first-order valence-electron chi connectivity index (χ1n) is 5.50. The highest BCUT2D eigenvalue weighted by molar-refractivity contribution is 5.89. The molecule has 0 atom stereocenters. The maximum atomic E-state index is 10.3. The molecule has 0 radical (unpaired) electrons. The SMILES string of the molecule is CC(C)c1ccc2[nH]cc(/C=C/[N+](=O)[O-])c2c1. The van der Waals surface area contributed by atoms with E-state index in [0.29, 0.717) is 5.92 Å². The number of nitrogens with zero attached hydrogens (tertiary/aromatic N) is 1. The third-order valence-corrected chi connectivity index (χ3v) is 2.78. The van der Waals surface area contributed by atoms with Crippen molar-refractivity contribution in [2.24, 2.45) is 0 Å². The normalized spacial score (nSPS) is 11.7. The lowest BCUT2D eigenvalue weighted by atomic mass is 10.0. The van der Waals surface area contributed by atoms with Crippen molar-refractivity contribution < 1.29 is 4.92 Å². The van der Waals surface area contributed by atoms with Gasteiger partial charge in [0.2, 0.25) is 6.20 Å². The largest absolute Gasteiger partial charge is 0.361 e. The van der Waals surface area contributed by atoms with Gasteiger partial charge in [-0.3, -0.25) is 10.1 Å². The topological polar surface area (TPSA) is 58.9 Å². The summed E-state index contributed by atoms with van der Waals surface area (Å²) in [6, 6.07) is 6.16. The average molecular weight is 230 g/mol. The van der Waals surface area contributed by atoms with Gasteiger partial charge in [-0.15, -0.1) is 0 Å². The summed E-state index contributed by atoms with van der Waals surface area (Å²) in [4.78, 5) is 13.0. The van der Waals surface area contributed by atoms with E-state index in [0.717, 1.165) is 22.7 Å². The van der Waals surface area contributed by atoms with Gasteiger partial charge in [-0.2, -0.15) is 0 Å². The van der Waals surface area contributed by atoms with Gasteiger partial charge in [0, 0.05) is 28.7 Å². The molecule has 1 heterocycles. The number of aromatic amines is 1. The van der Waals surface area contributed by atoms with Crippen LogP contribution in [-0.4, -0.2) is 9.91 Å². The summed E-state index contributed by atoms with van der Waals surface area (Å²) in [7, 11) is 0. The molecule has 0 spiro atoms. The van der Waals surface area contributed by atoms with E-state index >= 15 is 0 Å². The minimum atomic E-state index is -0.453. The molecule has 0 saturated heterocycles. The van der Waals surface area contributed by atoms with Gasteiger partial charge in [-0.05, 0) is 23.6 Å². The maximum Gasteiger partial charge on any atom is 0.235 e. The van der Waals surface area contributed by atoms with Gasteiger partial charge in [0.05, 0.1) is 4.92 Å². The summed E-state index contributed by atoms with van der Waals surface area (Å²) in [5.74, 6) is 0.446. The fourth-order valence-electron chi connectivity index (χ4n) is 1.80. The molecule has 0 aliphatic heterocycles. The van der Waals surface area contributed by atoms with Crippen molar-refractivity contribution in [2.75, 3.05) is 0 Å². The highest BCUT2D eigenvalue weighted by Crippen LogP contribution is 2.24. The number of aromatic nitrogens is 1. The average Bonchev–Trinajstić information content (AvgIpc) is 2.68. The molecule has 2 rings (SSSR count). The van der Waals surface area contributed by atoms with Crippen LogP contribution in [0.2, 0.25) is 0 Å². The van der Waals surface area contributed by atoms with E-state index in [1.54, 1.807) is 6.20 Å². The Morgan fingerprint density at radius 2 is 2.18 bits per heavy atom. The lowest BCUT2D eigenvalue weighted by Crippen LogP contribution is -1.86. The van der Waals surface area contributed by atoms with Crippen molar-refractivity contribution in [3.63, 3.8) is 0 Å². The van der Waals surface area contributed by atoms with Crippen LogP contribution in [0.3, 0.4) is 0 Å². The molecular weight excluding hydrogens is 216 g/mol. The van der Waals surface area contributed by atoms with E-state index < -0.39 is 4.92 Å². The molecule has 0 unspecified atom stereocenters. The van der Waals surface area contributed by atoms with Crippen molar-refractivity contribution in [1.29, 1.82) is 0 Å². The summed E-state index contributed by atoms with van der Waals surface area (Å²) < 4.78 is 0. The van der Waals surface area contributed by atoms with Gasteiger partial charge in [0.1, 0.15) is 0 Å². The summed E-state index contributed by atoms with van der Waals surface area (Å²) in [6.45, 7) is 4.25. The van der Waals surface area contributed by atoms with Crippen LogP contribution in [0.4, 0.5) is 0 Å². The van der Waals surface area contributed by atoms with Crippen LogP contribution >= 0.6 is 0 Å². The van der Waals surface area contributed by atoms with Crippen LogP contribution in [0.5, 0.6) is 0 Å². The fraction of sp³-hybridized carbons (Fsp3) is 0.231. The Hall–Kier alpha value is -2.10. The van der Waals surface area contributed by atoms with Crippen LogP contribution in [-0.2, 0) is 0 Å². The Labute approximate surface area is 99.1 Å². The van der Waals surface area contributed by atoms with Gasteiger partial charge >= 0.3 is 0 Å². The van der Waals surface area contributed by atoms with Gasteiger partial charge in [-0.25, -0.2) is 0 Å². The number of benzene rings is 1. The Morgan fingerprint density at radius 3 is 2.82 bits per heavy atom. The molecule has 17 heavy (non-hydrogen) atoms. The predicted octanol–water partition coefficient (Wildman–Crippen LogP) is 3.54. The zero-order chi connectivity index (χ0) is 12.4. The summed E-state index contributed by atoms with van der Waals surface area (Å²) >= 11 is 0. The van der Waals surface area contributed by atoms with Crippen molar-refractivity contribution in [3.8, 4) is 0 Å². The summed E-state index contributed by atoms with van der Waals surface area (Å²) in [5, 5.41) is 11.3. The molecule has 2 aromatic rings. The smallest absolute Gasteiger partial charge is 0.235 e. The highest BCUT2D eigenvalue weighted by Gasteiger charge is 2.05. The minimum absolute atomic E-state index is 0.446. The van der Waals surface area contributed by atoms with Crippen molar-refractivity contribution >= 4 is 17.0 Å². The molecule has 0 bridgehead atoms. The van der Waals surface area contributed by atoms with Crippen LogP contribution in [0.1, 0.15) is 30.9 Å². The van der Waals surface area contributed by atoms with E-state index in [2.05, 4.69) is 31.0 Å². The van der Waals surface area contributed by atoms with E-state index in [1.807, 2.05) is 6.07 Å². The first-order valence-corrected chi connectivity index (χ1v) is 5.50. The van der Waals surface area contributed by atoms with Crippen molar-refractivity contribution in [3.05, 3.63) is 51.8 Å². The number of nitro groups is 1. The second-order valence-electron chi connectivity index (χ2n) is 4.30. The zero-order valence-corrected chi connectivity index (χ0v) is 9.81. The Morgan fingerprint density at radius 1 is 1.41 bits per heavy atom. The number of nitrogens with one attached hydrogen (secondary N) is 1. The molecule has 0 aliphatic rings. The van der Waals surface area contributed by atoms with E-state index in [1.165, 1.54) is 11.6 Å². The molecule has 1 aromatic carbocycles. The molecule has 1 aromatic heterocycles. The number of hydrogen-bond donors (Lipinski definition) is 1. The van der Waals surface area contributed by atoms with Crippen molar-refractivity contribution in [2.45, 2.75) is 19.8 Å². The Balaban J connectivity index is 2.50. The number of fused-ring (bicyclic) bond motifs is 1. The highest BCUT2D eigenvalue weighted by atomic mass is 16.6. The van der Waals surface area contributed by atoms with Crippen LogP contribution < -0.4 is 0 Å². The number of rotatable bonds is 3. The van der Waals surface area contributed by atoms with Gasteiger partial charge < -0.3 is 4.98 Å². The fourth-order valence-corrected chi connectivity index (χ4v) is 1.80. The van der Waals surface area contributed by atoms with E-state index in [9.17, 15) is 10.1 Å². The Bertz CT molecular complexity index is 582. The first kappa shape index (κ1) is 11.4. The molecular formula is C13H14N2O2. The molecule has 0 fully saturated rings. The Kier molecular flexibility index (Phi) is 2.95. The van der Waals surface area contributed by atoms with E-state index in [4.69, 9.17) is 0 Å². The predicted molar refractivity (Wildman–Crippen MR) is 68.4 cm³/mol. The molecule has 0 saturated carbocycles. The minimum Gasteiger partial charge on any atom is -0.361 e. The molecule has 1 N–H and O–H groups in total. The summed E-state index contributed by atoms with van der Waals surface area (Å²) in [5.41, 5.74) is 3.07. The molecule has 0 aliphatic carbocycles. The maximum absolute atomic E-state index is 10.3. The van der Waals surface area contributed by atoms with Crippen molar-refractivity contribution in [1.82, 2.24) is 4.98 Å². The second kappa shape index (κ2) is 4.41. The number of H-pyrrole nitrogens is 1. The van der Waals surface area contributed by atoms with Crippen LogP contribution in [0, 0.1) is 10.1 Å². The van der Waals surface area contributed by atoms with E-state index in [-0.39, 0.29) is 0 Å². The van der Waals surface area contributed by atoms with Gasteiger partial charge in [-0.1, -0.05) is 19.9 Å². The van der Waals surface area contributed by atoms with Crippen LogP contribution in [0.25, 0.3) is 17.0 Å². The summed E-state index contributed by atoms with van der Waals surface area (Å²) in [6.07, 6.45) is 4.27. The standard InChI is InChI=1S/C13H14N2O2/c1-9(2)10-3-4-13-12(7-10)11(8-14-13)5-6-15(16)17/h3-9,14H,1-2H3/b6-5+.